The lowest BCUT2D eigenvalue weighted by atomic mass is 10.0. The Kier molecular flexibility index (Phi) is 10.5. The highest BCUT2D eigenvalue weighted by atomic mass is 16.6. The molecule has 182 valence electrons. The molecule has 0 spiro atoms. The molecule has 5 nitrogen and oxygen atoms in total. The van der Waals surface area contributed by atoms with Crippen molar-refractivity contribution in [2.45, 2.75) is 150 Å². The van der Waals surface area contributed by atoms with Crippen molar-refractivity contribution in [1.29, 1.82) is 0 Å². The second-order valence-corrected chi connectivity index (χ2v) is 13.3. The van der Waals surface area contributed by atoms with E-state index in [1.807, 2.05) is 0 Å². The van der Waals surface area contributed by atoms with Crippen molar-refractivity contribution in [1.82, 2.24) is 5.32 Å². The number of nitrogens with one attached hydrogen (secondary N) is 1. The van der Waals surface area contributed by atoms with Gasteiger partial charge < -0.3 is 24.3 Å². The third kappa shape index (κ3) is 16.5. The lowest BCUT2D eigenvalue weighted by Gasteiger charge is -2.43. The molecular formula is C25H53NO4. The fourth-order valence-electron chi connectivity index (χ4n) is 2.87. The molecule has 0 saturated heterocycles. The summed E-state index contributed by atoms with van der Waals surface area (Å²) < 4.78 is 25.8. The van der Waals surface area contributed by atoms with Crippen molar-refractivity contribution in [3.63, 3.8) is 0 Å². The molecule has 1 N–H and O–H groups in total. The topological polar surface area (TPSA) is 49.0 Å². The summed E-state index contributed by atoms with van der Waals surface area (Å²) in [5.74, 6) is 0. The molecule has 0 aliphatic carbocycles. The van der Waals surface area contributed by atoms with Gasteiger partial charge in [0.15, 0.2) is 0 Å². The van der Waals surface area contributed by atoms with E-state index in [4.69, 9.17) is 18.9 Å². The van der Waals surface area contributed by atoms with Crippen molar-refractivity contribution in [3.05, 3.63) is 0 Å². The Balaban J connectivity index is 6.08. The molecule has 0 fully saturated rings. The molecule has 0 saturated carbocycles. The van der Waals surface area contributed by atoms with Crippen LogP contribution in [-0.2, 0) is 18.9 Å². The van der Waals surface area contributed by atoms with Crippen LogP contribution in [0.4, 0.5) is 0 Å². The lowest BCUT2D eigenvalue weighted by molar-refractivity contribution is -0.232. The average Bonchev–Trinajstić information content (AvgIpc) is 2.40. The van der Waals surface area contributed by atoms with Crippen LogP contribution >= 0.6 is 0 Å². The molecule has 0 radical (unpaired) electrons. The Morgan fingerprint density at radius 1 is 0.533 bits per heavy atom. The first-order chi connectivity index (χ1) is 13.0. The van der Waals surface area contributed by atoms with E-state index >= 15 is 0 Å². The molecule has 0 aromatic carbocycles. The van der Waals surface area contributed by atoms with Crippen molar-refractivity contribution >= 4 is 0 Å². The summed E-state index contributed by atoms with van der Waals surface area (Å²) in [6, 6.07) is 0. The van der Waals surface area contributed by atoms with Crippen LogP contribution in [0.2, 0.25) is 0 Å². The van der Waals surface area contributed by atoms with E-state index in [1.165, 1.54) is 0 Å². The van der Waals surface area contributed by atoms with E-state index in [1.54, 1.807) is 0 Å². The molecule has 0 amide bonds. The number of hydrogen-bond donors (Lipinski definition) is 1. The highest BCUT2D eigenvalue weighted by Crippen LogP contribution is 2.27. The maximum atomic E-state index is 6.61. The number of ether oxygens (including phenoxy) is 4. The zero-order valence-electron chi connectivity index (χ0n) is 22.8. The zero-order valence-corrected chi connectivity index (χ0v) is 22.8. The van der Waals surface area contributed by atoms with Gasteiger partial charge in [-0.2, -0.15) is 0 Å². The molecule has 0 unspecified atom stereocenters. The minimum Gasteiger partial charge on any atom is -0.373 e. The molecule has 0 rings (SSSR count). The fourth-order valence-corrected chi connectivity index (χ4v) is 2.87. The van der Waals surface area contributed by atoms with Crippen LogP contribution in [0.1, 0.15) is 104 Å². The summed E-state index contributed by atoms with van der Waals surface area (Å²) in [5, 5.41) is 3.60. The molecule has 30 heavy (non-hydrogen) atoms. The van der Waals surface area contributed by atoms with Crippen molar-refractivity contribution in [2.24, 2.45) is 0 Å². The molecule has 3 atom stereocenters. The van der Waals surface area contributed by atoms with E-state index < -0.39 is 0 Å². The van der Waals surface area contributed by atoms with Crippen LogP contribution in [0, 0.1) is 0 Å². The highest BCUT2D eigenvalue weighted by Gasteiger charge is 2.40. The SMILES string of the molecule is CC(C)(C)NC[C@H](OC(C)(C)C)[C@H](OC(C)(C)C)[C@@H](COC(C)(C)C)OC(C)(C)C. The Bertz CT molecular complexity index is 446. The lowest BCUT2D eigenvalue weighted by Crippen LogP contribution is -2.56. The molecular weight excluding hydrogens is 378 g/mol. The van der Waals surface area contributed by atoms with E-state index in [2.05, 4.69) is 109 Å². The van der Waals surface area contributed by atoms with Gasteiger partial charge in [-0.15, -0.1) is 0 Å². The van der Waals surface area contributed by atoms with Gasteiger partial charge >= 0.3 is 0 Å². The van der Waals surface area contributed by atoms with Gasteiger partial charge in [0.25, 0.3) is 0 Å². The third-order valence-corrected chi connectivity index (χ3v) is 3.75. The van der Waals surface area contributed by atoms with Crippen molar-refractivity contribution in [3.8, 4) is 0 Å². The molecule has 0 heterocycles. The summed E-state index contributed by atoms with van der Waals surface area (Å²) in [6.45, 7) is 32.4. The first kappa shape index (κ1) is 29.8. The van der Waals surface area contributed by atoms with E-state index in [9.17, 15) is 0 Å². The first-order valence-corrected chi connectivity index (χ1v) is 11.4. The van der Waals surface area contributed by atoms with E-state index in [0.29, 0.717) is 13.2 Å². The predicted molar refractivity (Wildman–Crippen MR) is 127 cm³/mol. The van der Waals surface area contributed by atoms with Gasteiger partial charge in [-0.25, -0.2) is 0 Å². The normalized spacial score (nSPS) is 17.7. The van der Waals surface area contributed by atoms with Crippen LogP contribution in [0.25, 0.3) is 0 Å². The quantitative estimate of drug-likeness (QED) is 0.504. The van der Waals surface area contributed by atoms with Gasteiger partial charge in [-0.3, -0.25) is 0 Å². The maximum Gasteiger partial charge on any atom is 0.114 e. The third-order valence-electron chi connectivity index (χ3n) is 3.75. The molecule has 0 aromatic heterocycles. The van der Waals surface area contributed by atoms with Gasteiger partial charge in [0.2, 0.25) is 0 Å². The largest absolute Gasteiger partial charge is 0.373 e. The summed E-state index contributed by atoms with van der Waals surface area (Å²) in [5.41, 5.74) is -1.31. The molecule has 0 aliphatic heterocycles. The summed E-state index contributed by atoms with van der Waals surface area (Å²) in [7, 11) is 0. The van der Waals surface area contributed by atoms with Crippen LogP contribution in [0.5, 0.6) is 0 Å². The van der Waals surface area contributed by atoms with Crippen molar-refractivity contribution < 1.29 is 18.9 Å². The Hall–Kier alpha value is -0.200. The van der Waals surface area contributed by atoms with Crippen LogP contribution < -0.4 is 5.32 Å². The Labute approximate surface area is 188 Å². The summed E-state index contributed by atoms with van der Waals surface area (Å²) in [4.78, 5) is 0. The second kappa shape index (κ2) is 10.6. The minimum atomic E-state index is -0.354. The highest BCUT2D eigenvalue weighted by molar-refractivity contribution is 4.89. The fraction of sp³-hybridized carbons (Fsp3) is 1.00. The van der Waals surface area contributed by atoms with Gasteiger partial charge in [0.05, 0.1) is 35.1 Å². The van der Waals surface area contributed by atoms with Gasteiger partial charge in [0, 0.05) is 12.1 Å². The standard InChI is InChI=1S/C25H53NO4/c1-21(2,3)26-16-18(28-23(7,8)9)20(30-25(13,14)15)19(29-24(10,11)12)17-27-22(4,5)6/h18-20,26H,16-17H2,1-15H3/t18-,19+,20-/m0/s1. The van der Waals surface area contributed by atoms with Crippen molar-refractivity contribution in [2.75, 3.05) is 13.2 Å². The minimum absolute atomic E-state index is 0.0337. The molecule has 0 aromatic rings. The molecule has 0 bridgehead atoms. The summed E-state index contributed by atoms with van der Waals surface area (Å²) in [6.07, 6.45) is -0.794. The van der Waals surface area contributed by atoms with Gasteiger partial charge in [-0.1, -0.05) is 0 Å². The monoisotopic (exact) mass is 431 g/mol. The first-order valence-electron chi connectivity index (χ1n) is 11.4. The maximum absolute atomic E-state index is 6.61. The Morgan fingerprint density at radius 3 is 1.27 bits per heavy atom. The van der Waals surface area contributed by atoms with Gasteiger partial charge in [0.1, 0.15) is 12.2 Å². The summed E-state index contributed by atoms with van der Waals surface area (Å²) >= 11 is 0. The van der Waals surface area contributed by atoms with Crippen LogP contribution in [0.3, 0.4) is 0 Å². The van der Waals surface area contributed by atoms with E-state index in [0.717, 1.165) is 0 Å². The van der Waals surface area contributed by atoms with Crippen LogP contribution in [-0.4, -0.2) is 59.4 Å². The Morgan fingerprint density at radius 2 is 0.933 bits per heavy atom. The predicted octanol–water partition coefficient (Wildman–Crippen LogP) is 5.74. The molecule has 5 heteroatoms. The number of hydrogen-bond acceptors (Lipinski definition) is 5. The molecule has 0 aliphatic rings. The second-order valence-electron chi connectivity index (χ2n) is 13.3. The smallest absolute Gasteiger partial charge is 0.114 e. The number of rotatable bonds is 9. The van der Waals surface area contributed by atoms with Gasteiger partial charge in [-0.05, 0) is 104 Å². The van der Waals surface area contributed by atoms with E-state index in [-0.39, 0.29) is 46.3 Å². The van der Waals surface area contributed by atoms with Crippen LogP contribution in [0.15, 0.2) is 0 Å². The average molecular weight is 432 g/mol. The zero-order chi connectivity index (χ0) is 24.2.